The highest BCUT2D eigenvalue weighted by Crippen LogP contribution is 2.18. The van der Waals surface area contributed by atoms with Crippen molar-refractivity contribution < 1.29 is 14.4 Å². The maximum absolute atomic E-state index is 12.3. The van der Waals surface area contributed by atoms with Gasteiger partial charge in [0.2, 0.25) is 0 Å². The highest BCUT2D eigenvalue weighted by molar-refractivity contribution is 5.94. The number of rotatable bonds is 3. The van der Waals surface area contributed by atoms with Crippen LogP contribution in [0, 0.1) is 13.8 Å². The molecule has 0 aliphatic carbocycles. The largest absolute Gasteiger partial charge is 0.370 e. The van der Waals surface area contributed by atoms with Gasteiger partial charge < -0.3 is 15.0 Å². The minimum absolute atomic E-state index is 0.0519. The highest BCUT2D eigenvalue weighted by Gasteiger charge is 2.28. The number of aryl methyl sites for hydroxylation is 2. The Hall–Kier alpha value is -1.40. The van der Waals surface area contributed by atoms with E-state index < -0.39 is 0 Å². The van der Waals surface area contributed by atoms with Crippen LogP contribution in [0.15, 0.2) is 0 Å². The van der Waals surface area contributed by atoms with Gasteiger partial charge in [-0.15, -0.1) is 0 Å². The molecule has 6 heteroatoms. The fourth-order valence-electron chi connectivity index (χ4n) is 2.44. The predicted molar refractivity (Wildman–Crippen MR) is 72.3 cm³/mol. The van der Waals surface area contributed by atoms with E-state index >= 15 is 0 Å². The molecule has 2 N–H and O–H groups in total. The van der Waals surface area contributed by atoms with Gasteiger partial charge in [-0.05, 0) is 20.8 Å². The maximum Gasteiger partial charge on any atom is 0.282 e. The first-order valence-corrected chi connectivity index (χ1v) is 6.74. The van der Waals surface area contributed by atoms with Gasteiger partial charge in [-0.2, -0.15) is 5.10 Å². The number of amides is 1. The molecule has 1 fully saturated rings. The molecular formula is C13H23N4O2+. The average Bonchev–Trinajstić information content (AvgIpc) is 2.65. The van der Waals surface area contributed by atoms with Crippen molar-refractivity contribution in [2.45, 2.75) is 26.8 Å². The van der Waals surface area contributed by atoms with Crippen LogP contribution < -0.4 is 10.2 Å². The monoisotopic (exact) mass is 267 g/mol. The molecule has 106 valence electrons. The smallest absolute Gasteiger partial charge is 0.282 e. The molecule has 2 rings (SSSR count). The van der Waals surface area contributed by atoms with Crippen LogP contribution >= 0.6 is 0 Å². The molecule has 6 nitrogen and oxygen atoms in total. The number of morpholine rings is 1. The van der Waals surface area contributed by atoms with Crippen molar-refractivity contribution in [2.24, 2.45) is 7.05 Å². The molecule has 19 heavy (non-hydrogen) atoms. The van der Waals surface area contributed by atoms with Crippen LogP contribution in [0.1, 0.15) is 18.3 Å². The Morgan fingerprint density at radius 1 is 1.42 bits per heavy atom. The van der Waals surface area contributed by atoms with E-state index in [4.69, 9.17) is 4.74 Å². The molecule has 0 bridgehead atoms. The van der Waals surface area contributed by atoms with Crippen molar-refractivity contribution in [3.63, 3.8) is 0 Å². The van der Waals surface area contributed by atoms with Crippen LogP contribution in [-0.2, 0) is 16.6 Å². The minimum atomic E-state index is -0.0668. The summed E-state index contributed by atoms with van der Waals surface area (Å²) in [7, 11) is 1.88. The topological polar surface area (TPSA) is 60.6 Å². The van der Waals surface area contributed by atoms with Gasteiger partial charge in [0.05, 0.1) is 30.3 Å². The van der Waals surface area contributed by atoms with Crippen molar-refractivity contribution in [3.8, 4) is 0 Å². The summed E-state index contributed by atoms with van der Waals surface area (Å²) in [6.07, 6.45) is 0. The first-order valence-electron chi connectivity index (χ1n) is 6.74. The summed E-state index contributed by atoms with van der Waals surface area (Å²) >= 11 is 0. The first kappa shape index (κ1) is 14.0. The average molecular weight is 267 g/mol. The molecule has 0 radical (unpaired) electrons. The normalized spacial score (nSPS) is 18.3. The summed E-state index contributed by atoms with van der Waals surface area (Å²) in [5, 5.41) is 7.32. The second kappa shape index (κ2) is 5.71. The fraction of sp³-hybridized carbons (Fsp3) is 0.692. The lowest BCUT2D eigenvalue weighted by atomic mass is 10.2. The van der Waals surface area contributed by atoms with Crippen molar-refractivity contribution in [2.75, 3.05) is 31.6 Å². The van der Waals surface area contributed by atoms with Gasteiger partial charge in [-0.3, -0.25) is 9.48 Å². The number of quaternary nitrogens is 1. The van der Waals surface area contributed by atoms with E-state index in [9.17, 15) is 4.79 Å². The number of hydrogen-bond acceptors (Lipinski definition) is 3. The Morgan fingerprint density at radius 2 is 2.05 bits per heavy atom. The molecule has 0 spiro atoms. The van der Waals surface area contributed by atoms with Crippen LogP contribution in [0.25, 0.3) is 0 Å². The SMILES string of the molecule is Cc1nn(C)c(C)c1NC(=O)[C@@H](C)[NH+]1CCOCC1. The molecule has 1 atom stereocenters. The molecule has 1 amide bonds. The van der Waals surface area contributed by atoms with E-state index in [-0.39, 0.29) is 11.9 Å². The zero-order valence-electron chi connectivity index (χ0n) is 12.1. The lowest BCUT2D eigenvalue weighted by molar-refractivity contribution is -0.921. The number of ether oxygens (including phenoxy) is 1. The van der Waals surface area contributed by atoms with Crippen LogP contribution in [0.5, 0.6) is 0 Å². The molecule has 2 heterocycles. The van der Waals surface area contributed by atoms with Crippen molar-refractivity contribution in [3.05, 3.63) is 11.4 Å². The third-order valence-electron chi connectivity index (χ3n) is 3.90. The Morgan fingerprint density at radius 3 is 2.58 bits per heavy atom. The molecule has 0 saturated carbocycles. The quantitative estimate of drug-likeness (QED) is 0.760. The molecule has 1 aromatic heterocycles. The summed E-state index contributed by atoms with van der Waals surface area (Å²) < 4.78 is 7.11. The van der Waals surface area contributed by atoms with Crippen molar-refractivity contribution in [1.29, 1.82) is 0 Å². The van der Waals surface area contributed by atoms with Gasteiger partial charge in [-0.1, -0.05) is 0 Å². The van der Waals surface area contributed by atoms with Crippen molar-refractivity contribution in [1.82, 2.24) is 9.78 Å². The summed E-state index contributed by atoms with van der Waals surface area (Å²) in [5.74, 6) is 0.0519. The Kier molecular flexibility index (Phi) is 4.21. The summed E-state index contributed by atoms with van der Waals surface area (Å²) in [4.78, 5) is 13.6. The zero-order chi connectivity index (χ0) is 14.0. The summed E-state index contributed by atoms with van der Waals surface area (Å²) in [5.41, 5.74) is 2.68. The van der Waals surface area contributed by atoms with E-state index in [1.807, 2.05) is 27.8 Å². The van der Waals surface area contributed by atoms with E-state index in [1.54, 1.807) is 4.68 Å². The lowest BCUT2D eigenvalue weighted by Gasteiger charge is -2.28. The second-order valence-electron chi connectivity index (χ2n) is 5.15. The van der Waals surface area contributed by atoms with Gasteiger partial charge in [0, 0.05) is 7.05 Å². The standard InChI is InChI=1S/C13H22N4O2/c1-9-12(10(2)16(4)15-9)14-13(18)11(3)17-5-7-19-8-6-17/h11H,5-8H2,1-4H3,(H,14,18)/p+1/t11-/m1/s1. The van der Waals surface area contributed by atoms with E-state index in [2.05, 4.69) is 10.4 Å². The van der Waals surface area contributed by atoms with Gasteiger partial charge in [0.15, 0.2) is 6.04 Å². The molecular weight excluding hydrogens is 244 g/mol. The number of nitrogens with zero attached hydrogens (tertiary/aromatic N) is 2. The van der Waals surface area contributed by atoms with Gasteiger partial charge >= 0.3 is 0 Å². The van der Waals surface area contributed by atoms with Crippen LogP contribution in [0.2, 0.25) is 0 Å². The van der Waals surface area contributed by atoms with Crippen LogP contribution in [-0.4, -0.2) is 48.0 Å². The number of carbonyl (C=O) groups excluding carboxylic acids is 1. The van der Waals surface area contributed by atoms with Crippen molar-refractivity contribution >= 4 is 11.6 Å². The lowest BCUT2D eigenvalue weighted by Crippen LogP contribution is -3.18. The minimum Gasteiger partial charge on any atom is -0.370 e. The Bertz CT molecular complexity index is 463. The fourth-order valence-corrected chi connectivity index (χ4v) is 2.44. The third-order valence-corrected chi connectivity index (χ3v) is 3.90. The number of hydrogen-bond donors (Lipinski definition) is 2. The molecule has 0 unspecified atom stereocenters. The molecule has 1 saturated heterocycles. The van der Waals surface area contributed by atoms with E-state index in [0.717, 1.165) is 43.4 Å². The third kappa shape index (κ3) is 2.96. The van der Waals surface area contributed by atoms with E-state index in [0.29, 0.717) is 0 Å². The van der Waals surface area contributed by atoms with Crippen LogP contribution in [0.3, 0.4) is 0 Å². The van der Waals surface area contributed by atoms with Gasteiger partial charge in [0.25, 0.3) is 5.91 Å². The summed E-state index contributed by atoms with van der Waals surface area (Å²) in [6, 6.07) is -0.0668. The number of anilines is 1. The first-order chi connectivity index (χ1) is 9.00. The molecule has 1 aliphatic heterocycles. The number of aromatic nitrogens is 2. The molecule has 1 aliphatic rings. The maximum atomic E-state index is 12.3. The van der Waals surface area contributed by atoms with Gasteiger partial charge in [0.1, 0.15) is 13.1 Å². The Balaban J connectivity index is 2.03. The predicted octanol–water partition coefficient (Wildman–Crippen LogP) is -0.721. The Labute approximate surface area is 113 Å². The summed E-state index contributed by atoms with van der Waals surface area (Å²) in [6.45, 7) is 9.09. The molecule has 0 aromatic carbocycles. The number of carbonyl (C=O) groups is 1. The number of nitrogens with one attached hydrogen (secondary N) is 2. The van der Waals surface area contributed by atoms with Gasteiger partial charge in [-0.25, -0.2) is 0 Å². The second-order valence-corrected chi connectivity index (χ2v) is 5.15. The van der Waals surface area contributed by atoms with E-state index in [1.165, 1.54) is 4.90 Å². The molecule has 1 aromatic rings. The van der Waals surface area contributed by atoms with Crippen LogP contribution in [0.4, 0.5) is 5.69 Å². The zero-order valence-corrected chi connectivity index (χ0v) is 12.1. The highest BCUT2D eigenvalue weighted by atomic mass is 16.5.